The van der Waals surface area contributed by atoms with E-state index in [0.29, 0.717) is 0 Å². The summed E-state index contributed by atoms with van der Waals surface area (Å²) in [5.74, 6) is 0. The van der Waals surface area contributed by atoms with E-state index in [0.717, 1.165) is 35.5 Å². The van der Waals surface area contributed by atoms with E-state index < -0.39 is 0 Å². The average molecular weight is 407 g/mol. The van der Waals surface area contributed by atoms with Crippen molar-refractivity contribution in [2.24, 2.45) is 0 Å². The number of fused-ring (bicyclic) bond motifs is 5. The third-order valence-electron chi connectivity index (χ3n) is 6.41. The minimum Gasteiger partial charge on any atom is -0.335 e. The molecule has 1 spiro atoms. The van der Waals surface area contributed by atoms with Crippen LogP contribution in [-0.4, -0.2) is 26.6 Å². The highest BCUT2D eigenvalue weighted by Crippen LogP contribution is 2.54. The number of urea groups is 1. The molecule has 152 valence electrons. The lowest BCUT2D eigenvalue weighted by molar-refractivity contribution is 0.149. The summed E-state index contributed by atoms with van der Waals surface area (Å²) < 4.78 is 2.27. The second kappa shape index (κ2) is 6.80. The molecule has 2 amide bonds. The lowest BCUT2D eigenvalue weighted by atomic mass is 9.68. The molecule has 0 radical (unpaired) electrons. The molecular weight excluding hydrogens is 386 g/mol. The molecular formula is C25H21N5O. The Kier molecular flexibility index (Phi) is 3.93. The van der Waals surface area contributed by atoms with Gasteiger partial charge >= 0.3 is 6.03 Å². The molecule has 0 atom stereocenters. The maximum Gasteiger partial charge on any atom is 0.319 e. The average Bonchev–Trinajstić information content (AvgIpc) is 3.36. The number of anilines is 1. The molecule has 6 rings (SSSR count). The van der Waals surface area contributed by atoms with E-state index >= 15 is 0 Å². The molecule has 31 heavy (non-hydrogen) atoms. The van der Waals surface area contributed by atoms with Gasteiger partial charge in [-0.3, -0.25) is 4.98 Å². The number of carbonyl (C=O) groups excluding carboxylic acids is 1. The zero-order valence-corrected chi connectivity index (χ0v) is 16.8. The summed E-state index contributed by atoms with van der Waals surface area (Å²) in [5, 5.41) is 6.06. The van der Waals surface area contributed by atoms with Crippen molar-refractivity contribution in [3.05, 3.63) is 91.0 Å². The Morgan fingerprint density at radius 1 is 1.00 bits per heavy atom. The topological polar surface area (TPSA) is 71.8 Å². The highest BCUT2D eigenvalue weighted by molar-refractivity contribution is 5.90. The fourth-order valence-corrected chi connectivity index (χ4v) is 4.96. The van der Waals surface area contributed by atoms with Gasteiger partial charge in [-0.2, -0.15) is 0 Å². The van der Waals surface area contributed by atoms with Crippen LogP contribution < -0.4 is 10.6 Å². The number of hydrogen-bond acceptors (Lipinski definition) is 3. The molecule has 2 aromatic heterocycles. The molecule has 2 aliphatic rings. The smallest absolute Gasteiger partial charge is 0.319 e. The SMILES string of the molecule is O=C(Nc1ccc(-c2ccccn2)cc1)NC1CC2(C1)c1ccccc1-c1cncn12. The Labute approximate surface area is 180 Å². The van der Waals surface area contributed by atoms with Gasteiger partial charge < -0.3 is 15.2 Å². The summed E-state index contributed by atoms with van der Waals surface area (Å²) in [6.07, 6.45) is 7.33. The van der Waals surface area contributed by atoms with E-state index in [2.05, 4.69) is 49.4 Å². The Bertz CT molecular complexity index is 1260. The van der Waals surface area contributed by atoms with E-state index in [1.54, 1.807) is 6.20 Å². The number of benzene rings is 2. The number of nitrogens with zero attached hydrogens (tertiary/aromatic N) is 3. The third-order valence-corrected chi connectivity index (χ3v) is 6.41. The molecule has 2 aromatic carbocycles. The van der Waals surface area contributed by atoms with Gasteiger partial charge in [0.25, 0.3) is 0 Å². The number of hydrogen-bond donors (Lipinski definition) is 2. The van der Waals surface area contributed by atoms with Gasteiger partial charge in [-0.1, -0.05) is 42.5 Å². The van der Waals surface area contributed by atoms with Crippen molar-refractivity contribution < 1.29 is 4.79 Å². The van der Waals surface area contributed by atoms with Gasteiger partial charge in [0, 0.05) is 29.1 Å². The number of imidazole rings is 1. The second-order valence-electron chi connectivity index (χ2n) is 8.22. The molecule has 2 N–H and O–H groups in total. The highest BCUT2D eigenvalue weighted by Gasteiger charge is 2.52. The van der Waals surface area contributed by atoms with Crippen molar-refractivity contribution in [2.75, 3.05) is 5.32 Å². The summed E-state index contributed by atoms with van der Waals surface area (Å²) in [4.78, 5) is 21.3. The van der Waals surface area contributed by atoms with Crippen LogP contribution in [0.5, 0.6) is 0 Å². The first-order chi connectivity index (χ1) is 15.2. The van der Waals surface area contributed by atoms with Crippen LogP contribution in [0.1, 0.15) is 18.4 Å². The van der Waals surface area contributed by atoms with E-state index in [1.165, 1.54) is 11.1 Å². The summed E-state index contributed by atoms with van der Waals surface area (Å²) in [6, 6.07) is 22.0. The minimum absolute atomic E-state index is 0.0926. The second-order valence-corrected chi connectivity index (χ2v) is 8.22. The lowest BCUT2D eigenvalue weighted by Crippen LogP contribution is -2.56. The maximum atomic E-state index is 12.6. The Morgan fingerprint density at radius 3 is 2.61 bits per heavy atom. The summed E-state index contributed by atoms with van der Waals surface area (Å²) in [7, 11) is 0. The summed E-state index contributed by atoms with van der Waals surface area (Å²) in [6.45, 7) is 0. The van der Waals surface area contributed by atoms with Crippen LogP contribution in [0.25, 0.3) is 22.5 Å². The van der Waals surface area contributed by atoms with Crippen LogP contribution in [-0.2, 0) is 5.54 Å². The van der Waals surface area contributed by atoms with Crippen molar-refractivity contribution in [3.8, 4) is 22.5 Å². The third kappa shape index (κ3) is 2.83. The zero-order valence-electron chi connectivity index (χ0n) is 16.8. The Morgan fingerprint density at radius 2 is 1.81 bits per heavy atom. The van der Waals surface area contributed by atoms with Crippen molar-refractivity contribution in [3.63, 3.8) is 0 Å². The number of carbonyl (C=O) groups is 1. The molecule has 1 fully saturated rings. The first-order valence-electron chi connectivity index (χ1n) is 10.4. The predicted octanol–water partition coefficient (Wildman–Crippen LogP) is 4.65. The molecule has 4 aromatic rings. The maximum absolute atomic E-state index is 12.6. The number of pyridine rings is 1. The Hall–Kier alpha value is -3.93. The molecule has 0 unspecified atom stereocenters. The number of amides is 2. The van der Waals surface area contributed by atoms with Gasteiger partial charge in [0.1, 0.15) is 0 Å². The first-order valence-corrected chi connectivity index (χ1v) is 10.4. The quantitative estimate of drug-likeness (QED) is 0.519. The van der Waals surface area contributed by atoms with Gasteiger partial charge in [0.15, 0.2) is 0 Å². The van der Waals surface area contributed by atoms with Crippen LogP contribution in [0.2, 0.25) is 0 Å². The van der Waals surface area contributed by atoms with E-state index in [9.17, 15) is 4.79 Å². The number of nitrogens with one attached hydrogen (secondary N) is 2. The van der Waals surface area contributed by atoms with Gasteiger partial charge in [0.2, 0.25) is 0 Å². The highest BCUT2D eigenvalue weighted by atomic mass is 16.2. The molecule has 1 aliphatic carbocycles. The van der Waals surface area contributed by atoms with E-state index in [1.807, 2.05) is 55.0 Å². The van der Waals surface area contributed by atoms with Gasteiger partial charge in [0.05, 0.1) is 29.5 Å². The summed E-state index contributed by atoms with van der Waals surface area (Å²) >= 11 is 0. The van der Waals surface area contributed by atoms with Crippen LogP contribution >= 0.6 is 0 Å². The minimum atomic E-state index is -0.178. The molecule has 0 saturated heterocycles. The molecule has 6 nitrogen and oxygen atoms in total. The fourth-order valence-electron chi connectivity index (χ4n) is 4.96. The monoisotopic (exact) mass is 407 g/mol. The first kappa shape index (κ1) is 17.9. The lowest BCUT2D eigenvalue weighted by Gasteiger charge is -2.47. The molecule has 0 bridgehead atoms. The van der Waals surface area contributed by atoms with Crippen LogP contribution in [0.4, 0.5) is 10.5 Å². The van der Waals surface area contributed by atoms with E-state index in [4.69, 9.17) is 0 Å². The van der Waals surface area contributed by atoms with Crippen LogP contribution in [0.15, 0.2) is 85.5 Å². The van der Waals surface area contributed by atoms with E-state index in [-0.39, 0.29) is 17.6 Å². The van der Waals surface area contributed by atoms with Crippen molar-refractivity contribution in [2.45, 2.75) is 24.4 Å². The van der Waals surface area contributed by atoms with Crippen LogP contribution in [0.3, 0.4) is 0 Å². The van der Waals surface area contributed by atoms with Crippen LogP contribution in [0, 0.1) is 0 Å². The van der Waals surface area contributed by atoms with Gasteiger partial charge in [-0.25, -0.2) is 9.78 Å². The number of aromatic nitrogens is 3. The molecule has 6 heteroatoms. The van der Waals surface area contributed by atoms with Crippen molar-refractivity contribution in [1.82, 2.24) is 19.9 Å². The van der Waals surface area contributed by atoms with Gasteiger partial charge in [-0.05, 0) is 42.7 Å². The van der Waals surface area contributed by atoms with Crippen molar-refractivity contribution in [1.29, 1.82) is 0 Å². The molecule has 1 saturated carbocycles. The molecule has 3 heterocycles. The standard InChI is InChI=1S/C25H21N5O/c31-24(28-18-10-8-17(9-11-18)22-7-3-4-12-27-22)29-19-13-25(14-19)21-6-2-1-5-20(21)23-15-26-16-30(23)25/h1-12,15-16,19H,13-14H2,(H2,28,29,31). The molecule has 1 aliphatic heterocycles. The Balaban J connectivity index is 1.12. The zero-order chi connectivity index (χ0) is 20.8. The summed E-state index contributed by atoms with van der Waals surface area (Å²) in [5.41, 5.74) is 6.33. The predicted molar refractivity (Wildman–Crippen MR) is 120 cm³/mol. The normalized spacial score (nSPS) is 20.6. The van der Waals surface area contributed by atoms with Gasteiger partial charge in [-0.15, -0.1) is 0 Å². The fraction of sp³-hybridized carbons (Fsp3) is 0.160. The number of rotatable bonds is 3. The largest absolute Gasteiger partial charge is 0.335 e. The van der Waals surface area contributed by atoms with Crippen molar-refractivity contribution >= 4 is 11.7 Å².